The van der Waals surface area contributed by atoms with Crippen LogP contribution in [0.3, 0.4) is 0 Å². The molecular weight excluding hydrogens is 192 g/mol. The van der Waals surface area contributed by atoms with E-state index in [1.54, 1.807) is 0 Å². The molecule has 15 heavy (non-hydrogen) atoms. The van der Waals surface area contributed by atoms with Gasteiger partial charge >= 0.3 is 5.69 Å². The molecule has 0 aliphatic heterocycles. The predicted molar refractivity (Wildman–Crippen MR) is 57.7 cm³/mol. The summed E-state index contributed by atoms with van der Waals surface area (Å²) in [4.78, 5) is 11.5. The number of rotatable bonds is 2. The molecule has 1 heterocycles. The second-order valence-corrected chi connectivity index (χ2v) is 3.16. The summed E-state index contributed by atoms with van der Waals surface area (Å²) in [7, 11) is 0. The molecule has 0 fully saturated rings. The molecule has 1 aromatic carbocycles. The van der Waals surface area contributed by atoms with Gasteiger partial charge in [-0.3, -0.25) is 0 Å². The lowest BCUT2D eigenvalue weighted by Gasteiger charge is -1.97. The van der Waals surface area contributed by atoms with E-state index in [1.165, 1.54) is 4.68 Å². The largest absolute Gasteiger partial charge is 0.364 e. The molecule has 78 valence electrons. The second-order valence-electron chi connectivity index (χ2n) is 3.16. The van der Waals surface area contributed by atoms with Gasteiger partial charge in [-0.25, -0.2) is 9.48 Å². The van der Waals surface area contributed by atoms with Gasteiger partial charge in [-0.2, -0.15) is 4.68 Å². The summed E-state index contributed by atoms with van der Waals surface area (Å²) < 4.78 is 2.40. The van der Waals surface area contributed by atoms with Crippen LogP contribution >= 0.6 is 0 Å². The number of nitrogens with zero attached hydrogens (tertiary/aromatic N) is 3. The minimum atomic E-state index is -0.295. The Bertz CT molecular complexity index is 512. The van der Waals surface area contributed by atoms with Gasteiger partial charge in [-0.05, 0) is 6.92 Å². The number of aryl methyl sites for hydroxylation is 1. The molecule has 0 aliphatic carbocycles. The van der Waals surface area contributed by atoms with Crippen molar-refractivity contribution in [2.75, 3.05) is 5.84 Å². The minimum absolute atomic E-state index is 0.295. The number of hydrogen-bond acceptors (Lipinski definition) is 3. The summed E-state index contributed by atoms with van der Waals surface area (Å²) in [5, 5.41) is 4.14. The topological polar surface area (TPSA) is 65.8 Å². The van der Waals surface area contributed by atoms with E-state index < -0.39 is 0 Å². The van der Waals surface area contributed by atoms with Crippen molar-refractivity contribution >= 4 is 0 Å². The highest BCUT2D eigenvalue weighted by molar-refractivity contribution is 5.54. The maximum Gasteiger partial charge on any atom is 0.364 e. The van der Waals surface area contributed by atoms with Crippen molar-refractivity contribution in [2.24, 2.45) is 0 Å². The lowest BCUT2D eigenvalue weighted by molar-refractivity contribution is 0.627. The van der Waals surface area contributed by atoms with Crippen LogP contribution in [0.2, 0.25) is 0 Å². The summed E-state index contributed by atoms with van der Waals surface area (Å²) >= 11 is 0. The van der Waals surface area contributed by atoms with Crippen molar-refractivity contribution in [3.63, 3.8) is 0 Å². The molecule has 5 nitrogen and oxygen atoms in total. The van der Waals surface area contributed by atoms with Gasteiger partial charge in [0.2, 0.25) is 0 Å². The van der Waals surface area contributed by atoms with Gasteiger partial charge in [-0.15, -0.1) is 5.10 Å². The molecule has 0 spiro atoms. The molecule has 0 radical (unpaired) electrons. The fourth-order valence-electron chi connectivity index (χ4n) is 1.41. The predicted octanol–water partition coefficient (Wildman–Crippen LogP) is 0.446. The average molecular weight is 204 g/mol. The Morgan fingerprint density at radius 1 is 1.33 bits per heavy atom. The van der Waals surface area contributed by atoms with Crippen LogP contribution < -0.4 is 11.5 Å². The van der Waals surface area contributed by atoms with Crippen molar-refractivity contribution < 1.29 is 0 Å². The smallest absolute Gasteiger partial charge is 0.333 e. The van der Waals surface area contributed by atoms with Crippen molar-refractivity contribution in [3.05, 3.63) is 40.8 Å². The van der Waals surface area contributed by atoms with E-state index in [4.69, 9.17) is 5.84 Å². The molecule has 0 atom stereocenters. The highest BCUT2D eigenvalue weighted by Gasteiger charge is 2.10. The van der Waals surface area contributed by atoms with Gasteiger partial charge in [-0.1, -0.05) is 30.3 Å². The Morgan fingerprint density at radius 2 is 2.00 bits per heavy atom. The summed E-state index contributed by atoms with van der Waals surface area (Å²) in [6.45, 7) is 2.37. The average Bonchev–Trinajstić information content (AvgIpc) is 2.57. The zero-order valence-electron chi connectivity index (χ0n) is 8.42. The zero-order chi connectivity index (χ0) is 10.8. The minimum Gasteiger partial charge on any atom is -0.333 e. The molecule has 0 amide bonds. The Labute approximate surface area is 86.7 Å². The summed E-state index contributed by atoms with van der Waals surface area (Å²) in [6.07, 6.45) is 0. The van der Waals surface area contributed by atoms with E-state index in [0.717, 1.165) is 10.2 Å². The molecule has 2 N–H and O–H groups in total. The van der Waals surface area contributed by atoms with E-state index in [1.807, 2.05) is 37.3 Å². The fourth-order valence-corrected chi connectivity index (χ4v) is 1.41. The third-order valence-corrected chi connectivity index (χ3v) is 2.20. The van der Waals surface area contributed by atoms with Crippen LogP contribution in [0, 0.1) is 0 Å². The van der Waals surface area contributed by atoms with E-state index in [2.05, 4.69) is 5.10 Å². The molecule has 0 aliphatic rings. The van der Waals surface area contributed by atoms with Crippen LogP contribution in [-0.4, -0.2) is 14.5 Å². The van der Waals surface area contributed by atoms with Crippen LogP contribution in [0.5, 0.6) is 0 Å². The highest BCUT2D eigenvalue weighted by atomic mass is 16.2. The lowest BCUT2D eigenvalue weighted by atomic mass is 10.2. The van der Waals surface area contributed by atoms with Gasteiger partial charge in [0.05, 0.1) is 0 Å². The number of hydrogen-bond donors (Lipinski definition) is 1. The van der Waals surface area contributed by atoms with E-state index in [-0.39, 0.29) is 5.69 Å². The quantitative estimate of drug-likeness (QED) is 0.722. The van der Waals surface area contributed by atoms with Crippen LogP contribution in [0.4, 0.5) is 0 Å². The van der Waals surface area contributed by atoms with E-state index >= 15 is 0 Å². The van der Waals surface area contributed by atoms with Gasteiger partial charge in [0, 0.05) is 12.1 Å². The normalized spacial score (nSPS) is 10.5. The first-order chi connectivity index (χ1) is 7.24. The monoisotopic (exact) mass is 204 g/mol. The van der Waals surface area contributed by atoms with Gasteiger partial charge < -0.3 is 5.84 Å². The molecule has 1 aromatic heterocycles. The van der Waals surface area contributed by atoms with Crippen LogP contribution in [-0.2, 0) is 6.54 Å². The van der Waals surface area contributed by atoms with Crippen LogP contribution in [0.25, 0.3) is 11.4 Å². The van der Waals surface area contributed by atoms with Gasteiger partial charge in [0.25, 0.3) is 0 Å². The third kappa shape index (κ3) is 1.52. The molecule has 2 rings (SSSR count). The van der Waals surface area contributed by atoms with E-state index in [0.29, 0.717) is 12.4 Å². The van der Waals surface area contributed by atoms with Crippen molar-refractivity contribution in [2.45, 2.75) is 13.5 Å². The fraction of sp³-hybridized carbons (Fsp3) is 0.200. The Hall–Kier alpha value is -2.04. The van der Waals surface area contributed by atoms with E-state index in [9.17, 15) is 4.79 Å². The maximum atomic E-state index is 11.5. The Balaban J connectivity index is 2.60. The molecular formula is C10H12N4O. The standard InChI is InChI=1S/C10H12N4O/c1-2-13-10(15)14(11)9(12-13)8-6-4-3-5-7-8/h3-7H,2,11H2,1H3. The lowest BCUT2D eigenvalue weighted by Crippen LogP contribution is -2.29. The first-order valence-electron chi connectivity index (χ1n) is 4.74. The number of benzene rings is 1. The molecule has 0 unspecified atom stereocenters. The number of nitrogen functional groups attached to an aromatic ring is 1. The molecule has 5 heteroatoms. The molecule has 0 bridgehead atoms. The molecule has 0 saturated heterocycles. The van der Waals surface area contributed by atoms with Gasteiger partial charge in [0.15, 0.2) is 5.82 Å². The van der Waals surface area contributed by atoms with Crippen molar-refractivity contribution in [3.8, 4) is 11.4 Å². The van der Waals surface area contributed by atoms with Crippen LogP contribution in [0.15, 0.2) is 35.1 Å². The number of aromatic nitrogens is 3. The van der Waals surface area contributed by atoms with Crippen molar-refractivity contribution in [1.29, 1.82) is 0 Å². The number of nitrogens with two attached hydrogens (primary N) is 1. The second kappa shape index (κ2) is 3.61. The highest BCUT2D eigenvalue weighted by Crippen LogP contribution is 2.12. The summed E-state index contributed by atoms with van der Waals surface area (Å²) in [5.41, 5.74) is 0.542. The Morgan fingerprint density at radius 3 is 2.53 bits per heavy atom. The zero-order valence-corrected chi connectivity index (χ0v) is 8.42. The first kappa shape index (κ1) is 9.51. The Kier molecular flexibility index (Phi) is 2.29. The van der Waals surface area contributed by atoms with Gasteiger partial charge in [0.1, 0.15) is 0 Å². The van der Waals surface area contributed by atoms with Crippen LogP contribution in [0.1, 0.15) is 6.92 Å². The maximum absolute atomic E-state index is 11.5. The molecule has 2 aromatic rings. The van der Waals surface area contributed by atoms with Crippen molar-refractivity contribution in [1.82, 2.24) is 14.5 Å². The SMILES string of the molecule is CCn1nc(-c2ccccc2)n(N)c1=O. The first-order valence-corrected chi connectivity index (χ1v) is 4.74. The summed E-state index contributed by atoms with van der Waals surface area (Å²) in [5.74, 6) is 6.12. The molecule has 0 saturated carbocycles. The summed E-state index contributed by atoms with van der Waals surface area (Å²) in [6, 6.07) is 9.39. The third-order valence-electron chi connectivity index (χ3n) is 2.20.